The van der Waals surface area contributed by atoms with Crippen LogP contribution in [0.3, 0.4) is 0 Å². The summed E-state index contributed by atoms with van der Waals surface area (Å²) < 4.78 is 11.1. The van der Waals surface area contributed by atoms with Gasteiger partial charge >= 0.3 is 0 Å². The molecular weight excluding hydrogens is 410 g/mol. The average molecular weight is 432 g/mol. The second-order valence-corrected chi connectivity index (χ2v) is 8.51. The molecule has 2 aromatic carbocycles. The Labute approximate surface area is 183 Å². The molecule has 0 saturated heterocycles. The lowest BCUT2D eigenvalue weighted by atomic mass is 9.90. The van der Waals surface area contributed by atoms with E-state index in [-0.39, 0.29) is 5.91 Å². The Balaban J connectivity index is 1.55. The molecule has 5 rings (SSSR count). The molecule has 0 spiro atoms. The van der Waals surface area contributed by atoms with Crippen LogP contribution in [-0.4, -0.2) is 22.7 Å². The number of amides is 1. The minimum Gasteiger partial charge on any atom is -0.376 e. The van der Waals surface area contributed by atoms with Gasteiger partial charge in [0.2, 0.25) is 5.91 Å². The zero-order valence-electron chi connectivity index (χ0n) is 17.0. The summed E-state index contributed by atoms with van der Waals surface area (Å²) >= 11 is 1.52. The highest BCUT2D eigenvalue weighted by atomic mass is 32.1. The van der Waals surface area contributed by atoms with Crippen LogP contribution in [0.1, 0.15) is 33.3 Å². The number of hydrogen-bond acceptors (Lipinski definition) is 6. The number of nitrogens with one attached hydrogen (secondary N) is 1. The third-order valence-corrected chi connectivity index (χ3v) is 6.45. The smallest absolute Gasteiger partial charge is 0.261 e. The second kappa shape index (κ2) is 8.45. The number of hydrogen-bond donors (Lipinski definition) is 1. The van der Waals surface area contributed by atoms with E-state index in [1.165, 1.54) is 11.3 Å². The van der Waals surface area contributed by atoms with Crippen molar-refractivity contribution in [2.24, 2.45) is 0 Å². The number of thiophene rings is 1. The third-order valence-electron chi connectivity index (χ3n) is 5.33. The van der Waals surface area contributed by atoms with E-state index in [0.717, 1.165) is 38.6 Å². The van der Waals surface area contributed by atoms with Crippen LogP contribution in [0.4, 0.5) is 5.00 Å². The van der Waals surface area contributed by atoms with Crippen LogP contribution in [0.25, 0.3) is 11.5 Å². The Morgan fingerprint density at radius 2 is 1.74 bits per heavy atom. The van der Waals surface area contributed by atoms with Gasteiger partial charge < -0.3 is 14.6 Å². The van der Waals surface area contributed by atoms with E-state index in [1.54, 1.807) is 6.92 Å². The summed E-state index contributed by atoms with van der Waals surface area (Å²) in [5, 5.41) is 7.84. The molecule has 1 aliphatic heterocycles. The standard InChI is InChI=1S/C24H21N3O3S/c1-15-25-23(30-27-15)21-18-12-13-29-14-19(18)31-24(21)26-22(28)20(16-8-4-2-5-9-16)17-10-6-3-7-11-17/h2-11,20H,12-14H2,1H3,(H,26,28). The van der Waals surface area contributed by atoms with Crippen molar-refractivity contribution >= 4 is 22.2 Å². The highest BCUT2D eigenvalue weighted by Gasteiger charge is 2.29. The van der Waals surface area contributed by atoms with E-state index < -0.39 is 5.92 Å². The molecule has 4 aromatic rings. The van der Waals surface area contributed by atoms with Gasteiger partial charge in [-0.25, -0.2) is 0 Å². The van der Waals surface area contributed by atoms with Gasteiger partial charge in [-0.05, 0) is 30.0 Å². The molecule has 6 nitrogen and oxygen atoms in total. The highest BCUT2D eigenvalue weighted by molar-refractivity contribution is 7.17. The van der Waals surface area contributed by atoms with Crippen molar-refractivity contribution in [3.63, 3.8) is 0 Å². The predicted octanol–water partition coefficient (Wildman–Crippen LogP) is 4.95. The molecule has 0 fully saturated rings. The maximum Gasteiger partial charge on any atom is 0.261 e. The zero-order valence-corrected chi connectivity index (χ0v) is 17.8. The van der Waals surface area contributed by atoms with Crippen LogP contribution in [0, 0.1) is 6.92 Å². The van der Waals surface area contributed by atoms with Gasteiger partial charge in [-0.2, -0.15) is 4.98 Å². The Morgan fingerprint density at radius 1 is 1.06 bits per heavy atom. The van der Waals surface area contributed by atoms with E-state index in [4.69, 9.17) is 9.26 Å². The quantitative estimate of drug-likeness (QED) is 0.484. The van der Waals surface area contributed by atoms with Crippen LogP contribution in [0.2, 0.25) is 0 Å². The first-order valence-corrected chi connectivity index (χ1v) is 11.0. The number of carbonyl (C=O) groups is 1. The Morgan fingerprint density at radius 3 is 2.35 bits per heavy atom. The van der Waals surface area contributed by atoms with E-state index in [1.807, 2.05) is 60.7 Å². The highest BCUT2D eigenvalue weighted by Crippen LogP contribution is 2.43. The van der Waals surface area contributed by atoms with Gasteiger partial charge in [0.15, 0.2) is 5.82 Å². The first-order chi connectivity index (χ1) is 15.2. The summed E-state index contributed by atoms with van der Waals surface area (Å²) in [6.45, 7) is 2.94. The average Bonchev–Trinajstić information content (AvgIpc) is 3.38. The lowest BCUT2D eigenvalue weighted by molar-refractivity contribution is -0.116. The van der Waals surface area contributed by atoms with E-state index in [9.17, 15) is 4.79 Å². The van der Waals surface area contributed by atoms with Gasteiger partial charge in [0.05, 0.1) is 24.7 Å². The van der Waals surface area contributed by atoms with Gasteiger partial charge in [0, 0.05) is 4.88 Å². The number of ether oxygens (including phenoxy) is 1. The molecule has 0 radical (unpaired) electrons. The van der Waals surface area contributed by atoms with Crippen LogP contribution in [0.15, 0.2) is 65.2 Å². The topological polar surface area (TPSA) is 77.2 Å². The fraction of sp³-hybridized carbons (Fsp3) is 0.208. The van der Waals surface area contributed by atoms with E-state index >= 15 is 0 Å². The lowest BCUT2D eigenvalue weighted by Crippen LogP contribution is -2.22. The lowest BCUT2D eigenvalue weighted by Gasteiger charge is -2.18. The summed E-state index contributed by atoms with van der Waals surface area (Å²) in [4.78, 5) is 19.1. The molecule has 0 bridgehead atoms. The minimum absolute atomic E-state index is 0.102. The number of rotatable bonds is 5. The number of benzene rings is 2. The first kappa shape index (κ1) is 19.7. The Hall–Kier alpha value is -3.29. The molecule has 0 saturated carbocycles. The predicted molar refractivity (Wildman–Crippen MR) is 119 cm³/mol. The molecule has 1 aliphatic rings. The zero-order chi connectivity index (χ0) is 21.2. The largest absolute Gasteiger partial charge is 0.376 e. The van der Waals surface area contributed by atoms with Crippen molar-refractivity contribution in [1.29, 1.82) is 0 Å². The fourth-order valence-corrected chi connectivity index (χ4v) is 5.10. The number of aryl methyl sites for hydroxylation is 1. The molecule has 0 aliphatic carbocycles. The minimum atomic E-state index is -0.435. The molecule has 3 heterocycles. The number of carbonyl (C=O) groups excluding carboxylic acids is 1. The monoisotopic (exact) mass is 431 g/mol. The Bertz CT molecular complexity index is 1160. The molecule has 0 unspecified atom stereocenters. The van der Waals surface area contributed by atoms with Crippen LogP contribution < -0.4 is 5.32 Å². The SMILES string of the molecule is Cc1noc(-c2c(NC(=O)C(c3ccccc3)c3ccccc3)sc3c2CCOC3)n1. The summed E-state index contributed by atoms with van der Waals surface area (Å²) in [5.41, 5.74) is 3.81. The molecule has 2 aromatic heterocycles. The van der Waals surface area contributed by atoms with Crippen molar-refractivity contribution in [3.8, 4) is 11.5 Å². The molecule has 1 amide bonds. The maximum atomic E-state index is 13.6. The first-order valence-electron chi connectivity index (χ1n) is 10.1. The van der Waals surface area contributed by atoms with Gasteiger partial charge in [-0.3, -0.25) is 4.79 Å². The number of anilines is 1. The van der Waals surface area contributed by atoms with E-state index in [0.29, 0.717) is 24.9 Å². The molecule has 0 atom stereocenters. The maximum absolute atomic E-state index is 13.6. The normalized spacial score (nSPS) is 13.2. The molecule has 156 valence electrons. The van der Waals surface area contributed by atoms with Gasteiger partial charge in [0.25, 0.3) is 5.89 Å². The van der Waals surface area contributed by atoms with E-state index in [2.05, 4.69) is 15.5 Å². The number of nitrogens with zero attached hydrogens (tertiary/aromatic N) is 2. The summed E-state index contributed by atoms with van der Waals surface area (Å²) in [5.74, 6) is 0.457. The fourth-order valence-electron chi connectivity index (χ4n) is 3.92. The molecular formula is C24H21N3O3S. The van der Waals surface area contributed by atoms with Crippen molar-refractivity contribution in [2.75, 3.05) is 11.9 Å². The number of aromatic nitrogens is 2. The van der Waals surface area contributed by atoms with Crippen molar-refractivity contribution in [3.05, 3.63) is 88.1 Å². The number of fused-ring (bicyclic) bond motifs is 1. The van der Waals surface area contributed by atoms with Gasteiger partial charge in [-0.15, -0.1) is 11.3 Å². The molecule has 1 N–H and O–H groups in total. The van der Waals surface area contributed by atoms with Gasteiger partial charge in [-0.1, -0.05) is 65.8 Å². The second-order valence-electron chi connectivity index (χ2n) is 7.40. The van der Waals surface area contributed by atoms with Crippen molar-refractivity contribution < 1.29 is 14.1 Å². The van der Waals surface area contributed by atoms with Crippen LogP contribution >= 0.6 is 11.3 Å². The summed E-state index contributed by atoms with van der Waals surface area (Å²) in [7, 11) is 0. The third kappa shape index (κ3) is 3.89. The summed E-state index contributed by atoms with van der Waals surface area (Å²) in [6.07, 6.45) is 0.749. The van der Waals surface area contributed by atoms with Crippen molar-refractivity contribution in [1.82, 2.24) is 10.1 Å². The van der Waals surface area contributed by atoms with Crippen molar-refractivity contribution in [2.45, 2.75) is 25.9 Å². The van der Waals surface area contributed by atoms with Gasteiger partial charge in [0.1, 0.15) is 5.00 Å². The van der Waals surface area contributed by atoms with Crippen LogP contribution in [0.5, 0.6) is 0 Å². The molecule has 7 heteroatoms. The molecule has 31 heavy (non-hydrogen) atoms. The summed E-state index contributed by atoms with van der Waals surface area (Å²) in [6, 6.07) is 19.6. The van der Waals surface area contributed by atoms with Crippen LogP contribution in [-0.2, 0) is 22.6 Å². The Kier molecular flexibility index (Phi) is 5.36.